The van der Waals surface area contributed by atoms with Crippen molar-refractivity contribution in [1.29, 1.82) is 0 Å². The molecular weight excluding hydrogens is 184 g/mol. The Morgan fingerprint density at radius 2 is 2.43 bits per heavy atom. The highest BCUT2D eigenvalue weighted by atomic mass is 16.5. The maximum Gasteiger partial charge on any atom is 0.263 e. The van der Waals surface area contributed by atoms with Crippen LogP contribution in [-0.4, -0.2) is 23.8 Å². The van der Waals surface area contributed by atoms with Gasteiger partial charge < -0.3 is 10.1 Å². The molecule has 72 valence electrons. The number of carbonyl (C=O) groups is 2. The summed E-state index contributed by atoms with van der Waals surface area (Å²) < 4.78 is 5.18. The molecule has 0 unspecified atom stereocenters. The summed E-state index contributed by atoms with van der Waals surface area (Å²) in [5.41, 5.74) is 1.07. The Morgan fingerprint density at radius 3 is 3.14 bits per heavy atom. The van der Waals surface area contributed by atoms with Gasteiger partial charge in [0.15, 0.2) is 24.5 Å². The Hall–Kier alpha value is -1.91. The molecule has 0 saturated heterocycles. The van der Waals surface area contributed by atoms with E-state index in [1.807, 2.05) is 0 Å². The lowest BCUT2D eigenvalue weighted by Crippen LogP contribution is -2.27. The number of aldehydes is 1. The Bertz CT molecular complexity index is 415. The maximum atomic E-state index is 11.0. The van der Waals surface area contributed by atoms with Crippen LogP contribution in [0, 0.1) is 6.92 Å². The quantitative estimate of drug-likeness (QED) is 0.659. The number of fused-ring (bicyclic) bond motifs is 1. The van der Waals surface area contributed by atoms with Crippen molar-refractivity contribution >= 4 is 18.0 Å². The van der Waals surface area contributed by atoms with Crippen molar-refractivity contribution in [3.63, 3.8) is 0 Å². The van der Waals surface area contributed by atoms with Crippen LogP contribution in [0.25, 0.3) is 0 Å². The highest BCUT2D eigenvalue weighted by Crippen LogP contribution is 2.29. The molecule has 0 fully saturated rings. The van der Waals surface area contributed by atoms with E-state index in [-0.39, 0.29) is 18.2 Å². The number of nitrogens with one attached hydrogen (secondary N) is 1. The van der Waals surface area contributed by atoms with E-state index in [0.717, 1.165) is 5.56 Å². The van der Waals surface area contributed by atoms with Crippen LogP contribution < -0.4 is 10.1 Å². The molecule has 1 aliphatic rings. The molecule has 2 rings (SSSR count). The fourth-order valence-electron chi connectivity index (χ4n) is 1.32. The molecule has 0 aromatic carbocycles. The van der Waals surface area contributed by atoms with Gasteiger partial charge in [-0.3, -0.25) is 9.59 Å². The molecular formula is C9H8N2O3. The summed E-state index contributed by atoms with van der Waals surface area (Å²) in [6.07, 6.45) is 0.633. The SMILES string of the molecule is Cc1cc(C=O)nc2c1OCC(=O)N2. The third-order valence-electron chi connectivity index (χ3n) is 1.90. The number of amides is 1. The van der Waals surface area contributed by atoms with Crippen molar-refractivity contribution in [1.82, 2.24) is 4.98 Å². The molecule has 5 nitrogen and oxygen atoms in total. The zero-order valence-electron chi connectivity index (χ0n) is 7.53. The van der Waals surface area contributed by atoms with Crippen molar-refractivity contribution in [2.75, 3.05) is 11.9 Å². The van der Waals surface area contributed by atoms with E-state index < -0.39 is 0 Å². The Kier molecular flexibility index (Phi) is 1.92. The van der Waals surface area contributed by atoms with Gasteiger partial charge in [0.2, 0.25) is 0 Å². The van der Waals surface area contributed by atoms with E-state index in [0.29, 0.717) is 17.9 Å². The first kappa shape index (κ1) is 8.68. The minimum Gasteiger partial charge on any atom is -0.480 e. The smallest absolute Gasteiger partial charge is 0.263 e. The van der Waals surface area contributed by atoms with Gasteiger partial charge in [-0.25, -0.2) is 4.98 Å². The number of hydrogen-bond donors (Lipinski definition) is 1. The summed E-state index contributed by atoms with van der Waals surface area (Å²) in [4.78, 5) is 25.4. The molecule has 1 amide bonds. The third-order valence-corrected chi connectivity index (χ3v) is 1.90. The minimum absolute atomic E-state index is 0.00401. The van der Waals surface area contributed by atoms with Gasteiger partial charge in [-0.05, 0) is 18.6 Å². The lowest BCUT2D eigenvalue weighted by atomic mass is 10.2. The molecule has 2 heterocycles. The number of hydrogen-bond acceptors (Lipinski definition) is 4. The zero-order valence-corrected chi connectivity index (χ0v) is 7.53. The van der Waals surface area contributed by atoms with Gasteiger partial charge in [-0.15, -0.1) is 0 Å². The van der Waals surface area contributed by atoms with Crippen molar-refractivity contribution in [3.8, 4) is 5.75 Å². The number of anilines is 1. The standard InChI is InChI=1S/C9H8N2O3/c1-5-2-6(3-12)10-9-8(5)14-4-7(13)11-9/h2-3H,4H2,1H3,(H,10,11,13). The topological polar surface area (TPSA) is 68.3 Å². The normalized spacial score (nSPS) is 13.9. The van der Waals surface area contributed by atoms with E-state index in [1.165, 1.54) is 0 Å². The van der Waals surface area contributed by atoms with E-state index >= 15 is 0 Å². The molecule has 1 N–H and O–H groups in total. The molecule has 0 saturated carbocycles. The highest BCUT2D eigenvalue weighted by molar-refractivity contribution is 5.95. The summed E-state index contributed by atoms with van der Waals surface area (Å²) in [5, 5.41) is 2.54. The summed E-state index contributed by atoms with van der Waals surface area (Å²) >= 11 is 0. The first-order valence-electron chi connectivity index (χ1n) is 4.10. The van der Waals surface area contributed by atoms with Crippen LogP contribution >= 0.6 is 0 Å². The van der Waals surface area contributed by atoms with Gasteiger partial charge >= 0.3 is 0 Å². The Labute approximate surface area is 80.1 Å². The molecule has 0 aliphatic carbocycles. The minimum atomic E-state index is -0.257. The van der Waals surface area contributed by atoms with Crippen LogP contribution in [0.1, 0.15) is 16.1 Å². The second-order valence-electron chi connectivity index (χ2n) is 3.00. The van der Waals surface area contributed by atoms with Crippen LogP contribution in [-0.2, 0) is 4.79 Å². The fourth-order valence-corrected chi connectivity index (χ4v) is 1.32. The molecule has 1 aromatic rings. The molecule has 5 heteroatoms. The summed E-state index contributed by atoms with van der Waals surface area (Å²) in [6, 6.07) is 1.61. The van der Waals surface area contributed by atoms with Gasteiger partial charge in [-0.1, -0.05) is 0 Å². The molecule has 1 aliphatic heterocycles. The van der Waals surface area contributed by atoms with Crippen molar-refractivity contribution in [2.24, 2.45) is 0 Å². The summed E-state index contributed by atoms with van der Waals surface area (Å²) in [5.74, 6) is 0.603. The predicted octanol–water partition coefficient (Wildman–Crippen LogP) is 0.533. The number of carbonyl (C=O) groups excluding carboxylic acids is 2. The highest BCUT2D eigenvalue weighted by Gasteiger charge is 2.19. The molecule has 0 bridgehead atoms. The summed E-state index contributed by atoms with van der Waals surface area (Å²) in [6.45, 7) is 1.79. The second kappa shape index (κ2) is 3.10. The van der Waals surface area contributed by atoms with Gasteiger partial charge in [0.25, 0.3) is 5.91 Å². The van der Waals surface area contributed by atoms with E-state index in [9.17, 15) is 9.59 Å². The Morgan fingerprint density at radius 1 is 1.64 bits per heavy atom. The first-order valence-corrected chi connectivity index (χ1v) is 4.10. The van der Waals surface area contributed by atoms with Crippen LogP contribution in [0.15, 0.2) is 6.07 Å². The van der Waals surface area contributed by atoms with Gasteiger partial charge in [0, 0.05) is 0 Å². The molecule has 14 heavy (non-hydrogen) atoms. The van der Waals surface area contributed by atoms with E-state index in [1.54, 1.807) is 13.0 Å². The van der Waals surface area contributed by atoms with E-state index in [2.05, 4.69) is 10.3 Å². The zero-order chi connectivity index (χ0) is 10.1. The molecule has 1 aromatic heterocycles. The number of pyridine rings is 1. The van der Waals surface area contributed by atoms with Gasteiger partial charge in [0.05, 0.1) is 0 Å². The number of ether oxygens (including phenoxy) is 1. The van der Waals surface area contributed by atoms with Gasteiger partial charge in [0.1, 0.15) is 5.69 Å². The van der Waals surface area contributed by atoms with Gasteiger partial charge in [-0.2, -0.15) is 0 Å². The summed E-state index contributed by atoms with van der Waals surface area (Å²) in [7, 11) is 0. The Balaban J connectivity index is 2.53. The second-order valence-corrected chi connectivity index (χ2v) is 3.00. The lowest BCUT2D eigenvalue weighted by Gasteiger charge is -2.18. The monoisotopic (exact) mass is 192 g/mol. The molecule has 0 atom stereocenters. The van der Waals surface area contributed by atoms with E-state index in [4.69, 9.17) is 4.74 Å². The van der Waals surface area contributed by atoms with Crippen molar-refractivity contribution in [2.45, 2.75) is 6.92 Å². The lowest BCUT2D eigenvalue weighted by molar-refractivity contribution is -0.118. The van der Waals surface area contributed by atoms with Crippen LogP contribution in [0.2, 0.25) is 0 Å². The number of aryl methyl sites for hydroxylation is 1. The van der Waals surface area contributed by atoms with Crippen molar-refractivity contribution < 1.29 is 14.3 Å². The number of nitrogens with zero attached hydrogens (tertiary/aromatic N) is 1. The van der Waals surface area contributed by atoms with Crippen LogP contribution in [0.3, 0.4) is 0 Å². The third kappa shape index (κ3) is 1.32. The molecule has 0 spiro atoms. The maximum absolute atomic E-state index is 11.0. The average molecular weight is 192 g/mol. The number of aromatic nitrogens is 1. The predicted molar refractivity (Wildman–Crippen MR) is 48.5 cm³/mol. The fraction of sp³-hybridized carbons (Fsp3) is 0.222. The average Bonchev–Trinajstić information content (AvgIpc) is 2.16. The molecule has 0 radical (unpaired) electrons. The van der Waals surface area contributed by atoms with Crippen molar-refractivity contribution in [3.05, 3.63) is 17.3 Å². The first-order chi connectivity index (χ1) is 6.70. The largest absolute Gasteiger partial charge is 0.480 e. The number of rotatable bonds is 1. The van der Waals surface area contributed by atoms with Crippen LogP contribution in [0.4, 0.5) is 5.82 Å². The van der Waals surface area contributed by atoms with Crippen LogP contribution in [0.5, 0.6) is 5.75 Å².